The normalized spacial score (nSPS) is 15.9. The van der Waals surface area contributed by atoms with Crippen LogP contribution in [0.5, 0.6) is 0 Å². The van der Waals surface area contributed by atoms with E-state index in [1.165, 1.54) is 5.39 Å². The molecule has 1 aliphatic rings. The van der Waals surface area contributed by atoms with Gasteiger partial charge in [-0.3, -0.25) is 4.79 Å². The molecule has 5 rings (SSSR count). The van der Waals surface area contributed by atoms with Crippen LogP contribution in [0.3, 0.4) is 0 Å². The van der Waals surface area contributed by atoms with Crippen LogP contribution in [0, 0.1) is 0 Å². The lowest BCUT2D eigenvalue weighted by molar-refractivity contribution is 0.0668. The van der Waals surface area contributed by atoms with E-state index in [0.29, 0.717) is 6.54 Å². The average Bonchev–Trinajstić information content (AvgIpc) is 2.76. The summed E-state index contributed by atoms with van der Waals surface area (Å²) in [5, 5.41) is 5.95. The third-order valence-electron chi connectivity index (χ3n) is 5.34. The van der Waals surface area contributed by atoms with Crippen LogP contribution in [0.15, 0.2) is 97.1 Å². The summed E-state index contributed by atoms with van der Waals surface area (Å²) in [5.41, 5.74) is 3.82. The van der Waals surface area contributed by atoms with E-state index in [9.17, 15) is 4.79 Å². The highest BCUT2D eigenvalue weighted by molar-refractivity contribution is 6.02. The van der Waals surface area contributed by atoms with Crippen LogP contribution in [-0.2, 0) is 6.54 Å². The van der Waals surface area contributed by atoms with Crippen LogP contribution in [0.1, 0.15) is 27.7 Å². The van der Waals surface area contributed by atoms with E-state index >= 15 is 0 Å². The Morgan fingerprint density at radius 3 is 2.36 bits per heavy atom. The van der Waals surface area contributed by atoms with Crippen molar-refractivity contribution in [3.63, 3.8) is 0 Å². The summed E-state index contributed by atoms with van der Waals surface area (Å²) in [6.45, 7) is 0.550. The van der Waals surface area contributed by atoms with Crippen molar-refractivity contribution < 1.29 is 4.79 Å². The molecule has 0 aliphatic carbocycles. The van der Waals surface area contributed by atoms with Gasteiger partial charge in [0.05, 0.1) is 5.56 Å². The van der Waals surface area contributed by atoms with Gasteiger partial charge in [-0.1, -0.05) is 84.9 Å². The molecule has 0 saturated heterocycles. The number of hydrogen-bond acceptors (Lipinski definition) is 2. The molecule has 136 valence electrons. The Balaban J connectivity index is 1.65. The molecule has 1 amide bonds. The van der Waals surface area contributed by atoms with Gasteiger partial charge in [-0.2, -0.15) is 0 Å². The zero-order valence-corrected chi connectivity index (χ0v) is 15.4. The molecule has 1 aliphatic heterocycles. The van der Waals surface area contributed by atoms with E-state index < -0.39 is 0 Å². The molecular weight excluding hydrogens is 344 g/mol. The second-order valence-electron chi connectivity index (χ2n) is 7.08. The van der Waals surface area contributed by atoms with E-state index in [1.54, 1.807) is 0 Å². The molecule has 1 heterocycles. The molecule has 0 fully saturated rings. The van der Waals surface area contributed by atoms with Crippen LogP contribution in [0.2, 0.25) is 0 Å². The molecule has 4 aromatic carbocycles. The first-order valence-corrected chi connectivity index (χ1v) is 9.49. The number of carbonyl (C=O) groups excluding carboxylic acids is 1. The van der Waals surface area contributed by atoms with Gasteiger partial charge in [0.25, 0.3) is 5.91 Å². The maximum atomic E-state index is 13.4. The quantitative estimate of drug-likeness (QED) is 0.513. The number of benzene rings is 4. The van der Waals surface area contributed by atoms with Crippen LogP contribution in [-0.4, -0.2) is 10.8 Å². The van der Waals surface area contributed by atoms with Gasteiger partial charge in [0.2, 0.25) is 0 Å². The van der Waals surface area contributed by atoms with Gasteiger partial charge in [0.15, 0.2) is 0 Å². The molecule has 1 N–H and O–H groups in total. The van der Waals surface area contributed by atoms with Gasteiger partial charge in [-0.05, 0) is 28.5 Å². The molecular formula is C25H20N2O. The van der Waals surface area contributed by atoms with Crippen molar-refractivity contribution >= 4 is 22.4 Å². The number of hydrogen-bond donors (Lipinski definition) is 1. The van der Waals surface area contributed by atoms with Crippen LogP contribution >= 0.6 is 0 Å². The summed E-state index contributed by atoms with van der Waals surface area (Å²) in [4.78, 5) is 15.4. The fourth-order valence-electron chi connectivity index (χ4n) is 3.97. The number of amides is 1. The largest absolute Gasteiger partial charge is 0.361 e. The lowest BCUT2D eigenvalue weighted by atomic mass is 9.98. The lowest BCUT2D eigenvalue weighted by Crippen LogP contribution is -2.42. The first kappa shape index (κ1) is 16.6. The van der Waals surface area contributed by atoms with Crippen molar-refractivity contribution in [1.82, 2.24) is 4.90 Å². The van der Waals surface area contributed by atoms with Crippen LogP contribution in [0.25, 0.3) is 10.8 Å². The molecule has 0 aromatic heterocycles. The number of nitrogens with zero attached hydrogens (tertiary/aromatic N) is 1. The number of anilines is 1. The third-order valence-corrected chi connectivity index (χ3v) is 5.34. The van der Waals surface area contributed by atoms with E-state index in [0.717, 1.165) is 27.8 Å². The van der Waals surface area contributed by atoms with Gasteiger partial charge in [-0.25, -0.2) is 0 Å². The first-order chi connectivity index (χ1) is 13.8. The van der Waals surface area contributed by atoms with Gasteiger partial charge >= 0.3 is 0 Å². The van der Waals surface area contributed by atoms with Crippen LogP contribution in [0.4, 0.5) is 5.69 Å². The summed E-state index contributed by atoms with van der Waals surface area (Å²) in [6.07, 6.45) is -0.228. The maximum absolute atomic E-state index is 13.4. The molecule has 0 radical (unpaired) electrons. The van der Waals surface area contributed by atoms with Crippen molar-refractivity contribution in [3.05, 3.63) is 114 Å². The molecule has 0 saturated carbocycles. The van der Waals surface area contributed by atoms with Crippen molar-refractivity contribution in [2.24, 2.45) is 0 Å². The Bertz CT molecular complexity index is 1150. The van der Waals surface area contributed by atoms with Crippen molar-refractivity contribution in [2.75, 3.05) is 5.32 Å². The summed E-state index contributed by atoms with van der Waals surface area (Å²) in [7, 11) is 0. The Labute approximate surface area is 164 Å². The lowest BCUT2D eigenvalue weighted by Gasteiger charge is -2.38. The highest BCUT2D eigenvalue weighted by Gasteiger charge is 2.33. The van der Waals surface area contributed by atoms with Gasteiger partial charge in [-0.15, -0.1) is 0 Å². The fourth-order valence-corrected chi connectivity index (χ4v) is 3.97. The summed E-state index contributed by atoms with van der Waals surface area (Å²) in [6, 6.07) is 32.5. The minimum atomic E-state index is -0.228. The van der Waals surface area contributed by atoms with E-state index in [-0.39, 0.29) is 12.1 Å². The van der Waals surface area contributed by atoms with E-state index in [1.807, 2.05) is 59.5 Å². The molecule has 3 heteroatoms. The number of rotatable bonds is 3. The Hall–Kier alpha value is -3.59. The number of nitrogens with one attached hydrogen (secondary N) is 1. The topological polar surface area (TPSA) is 32.3 Å². The SMILES string of the molecule is O=C1c2ccccc2NC(c2cccc3ccccc23)N1Cc1ccccc1. The minimum Gasteiger partial charge on any atom is -0.361 e. The molecule has 4 aromatic rings. The minimum absolute atomic E-state index is 0.0520. The number of para-hydroxylation sites is 1. The number of fused-ring (bicyclic) bond motifs is 2. The fraction of sp³-hybridized carbons (Fsp3) is 0.0800. The number of carbonyl (C=O) groups is 1. The van der Waals surface area contributed by atoms with Gasteiger partial charge < -0.3 is 10.2 Å². The predicted octanol–water partition coefficient (Wildman–Crippen LogP) is 5.61. The van der Waals surface area contributed by atoms with Gasteiger partial charge in [0, 0.05) is 17.8 Å². The average molecular weight is 364 g/mol. The molecule has 1 atom stereocenters. The standard InChI is InChI=1S/C25H20N2O/c28-25-22-14-6-7-16-23(22)26-24(27(25)17-18-9-2-1-3-10-18)21-15-8-12-19-11-4-5-13-20(19)21/h1-16,24,26H,17H2. The zero-order valence-electron chi connectivity index (χ0n) is 15.4. The Kier molecular flexibility index (Phi) is 4.06. The monoisotopic (exact) mass is 364 g/mol. The van der Waals surface area contributed by atoms with E-state index in [2.05, 4.69) is 47.8 Å². The van der Waals surface area contributed by atoms with Crippen molar-refractivity contribution in [3.8, 4) is 0 Å². The second kappa shape index (κ2) is 6.86. The van der Waals surface area contributed by atoms with Crippen molar-refractivity contribution in [2.45, 2.75) is 12.7 Å². The van der Waals surface area contributed by atoms with E-state index in [4.69, 9.17) is 0 Å². The highest BCUT2D eigenvalue weighted by Crippen LogP contribution is 2.36. The van der Waals surface area contributed by atoms with Crippen molar-refractivity contribution in [1.29, 1.82) is 0 Å². The summed E-state index contributed by atoms with van der Waals surface area (Å²) in [5.74, 6) is 0.0520. The summed E-state index contributed by atoms with van der Waals surface area (Å²) >= 11 is 0. The zero-order chi connectivity index (χ0) is 18.9. The molecule has 3 nitrogen and oxygen atoms in total. The predicted molar refractivity (Wildman–Crippen MR) is 113 cm³/mol. The third kappa shape index (κ3) is 2.81. The van der Waals surface area contributed by atoms with Gasteiger partial charge in [0.1, 0.15) is 6.17 Å². The Morgan fingerprint density at radius 2 is 1.46 bits per heavy atom. The molecule has 0 bridgehead atoms. The molecule has 0 spiro atoms. The smallest absolute Gasteiger partial charge is 0.258 e. The molecule has 28 heavy (non-hydrogen) atoms. The highest BCUT2D eigenvalue weighted by atomic mass is 16.2. The Morgan fingerprint density at radius 1 is 0.750 bits per heavy atom. The maximum Gasteiger partial charge on any atom is 0.258 e. The van der Waals surface area contributed by atoms with Crippen LogP contribution < -0.4 is 5.32 Å². The molecule has 1 unspecified atom stereocenters. The first-order valence-electron chi connectivity index (χ1n) is 9.49. The summed E-state index contributed by atoms with van der Waals surface area (Å²) < 4.78 is 0. The second-order valence-corrected chi connectivity index (χ2v) is 7.08.